The molecule has 2 aromatic heterocycles. The lowest BCUT2D eigenvalue weighted by molar-refractivity contribution is -0.146. The Kier molecular flexibility index (Phi) is 2.11. The van der Waals surface area contributed by atoms with Crippen LogP contribution in [0.15, 0.2) is 12.1 Å². The number of hydrogen-bond donors (Lipinski definition) is 0. The monoisotopic (exact) mass is 235 g/mol. The molecule has 0 saturated carbocycles. The summed E-state index contributed by atoms with van der Waals surface area (Å²) < 4.78 is 38.2. The summed E-state index contributed by atoms with van der Waals surface area (Å²) in [7, 11) is 1.25. The average Bonchev–Trinajstić information content (AvgIpc) is 2.43. The highest BCUT2D eigenvalue weighted by Gasteiger charge is 2.36. The summed E-state index contributed by atoms with van der Waals surface area (Å²) in [5.74, 6) is -0.979. The third kappa shape index (κ3) is 1.65. The summed E-state index contributed by atoms with van der Waals surface area (Å²) in [4.78, 5) is 7.22. The summed E-state index contributed by atoms with van der Waals surface area (Å²) >= 11 is 5.58. The summed E-state index contributed by atoms with van der Waals surface area (Å²) in [5.41, 5.74) is 0.295. The van der Waals surface area contributed by atoms with Crippen molar-refractivity contribution in [2.45, 2.75) is 6.18 Å². The molecular formula is C8H5ClF3N3. The van der Waals surface area contributed by atoms with Crippen LogP contribution in [0.4, 0.5) is 13.2 Å². The average molecular weight is 236 g/mol. The van der Waals surface area contributed by atoms with Gasteiger partial charge in [0, 0.05) is 7.05 Å². The lowest BCUT2D eigenvalue weighted by atomic mass is 10.4. The molecular weight excluding hydrogens is 231 g/mol. The molecule has 0 aromatic carbocycles. The van der Waals surface area contributed by atoms with E-state index >= 15 is 0 Å². The van der Waals surface area contributed by atoms with Gasteiger partial charge >= 0.3 is 6.18 Å². The predicted molar refractivity (Wildman–Crippen MR) is 48.5 cm³/mol. The molecule has 0 aliphatic heterocycles. The molecule has 0 N–H and O–H groups in total. The SMILES string of the molecule is Cn1c(C(F)(F)F)nc2ccc(Cl)nc21. The van der Waals surface area contributed by atoms with E-state index in [1.165, 1.54) is 19.2 Å². The Balaban J connectivity index is 2.76. The zero-order chi connectivity index (χ0) is 11.2. The second-order valence-corrected chi connectivity index (χ2v) is 3.36. The second-order valence-electron chi connectivity index (χ2n) is 2.97. The highest BCUT2D eigenvalue weighted by atomic mass is 35.5. The fraction of sp³-hybridized carbons (Fsp3) is 0.250. The van der Waals surface area contributed by atoms with Gasteiger partial charge in [-0.3, -0.25) is 0 Å². The van der Waals surface area contributed by atoms with Crippen molar-refractivity contribution in [2.24, 2.45) is 7.05 Å². The summed E-state index contributed by atoms with van der Waals surface area (Å²) in [5, 5.41) is 0.138. The quantitative estimate of drug-likeness (QED) is 0.657. The molecule has 0 saturated heterocycles. The van der Waals surface area contributed by atoms with Crippen LogP contribution in [0.5, 0.6) is 0 Å². The number of aromatic nitrogens is 3. The lowest BCUT2D eigenvalue weighted by Gasteiger charge is -2.04. The van der Waals surface area contributed by atoms with Gasteiger partial charge in [-0.15, -0.1) is 0 Å². The van der Waals surface area contributed by atoms with Gasteiger partial charge in [-0.05, 0) is 12.1 Å². The van der Waals surface area contributed by atoms with Crippen LogP contribution < -0.4 is 0 Å². The van der Waals surface area contributed by atoms with Crippen LogP contribution in [0.3, 0.4) is 0 Å². The standard InChI is InChI=1S/C8H5ClF3N3/c1-15-6-4(2-3-5(9)14-6)13-7(15)8(10,11)12/h2-3H,1H3. The number of pyridine rings is 1. The summed E-state index contributed by atoms with van der Waals surface area (Å²) in [6, 6.07) is 2.80. The largest absolute Gasteiger partial charge is 0.449 e. The van der Waals surface area contributed by atoms with E-state index in [2.05, 4.69) is 9.97 Å². The van der Waals surface area contributed by atoms with Gasteiger partial charge in [-0.25, -0.2) is 9.97 Å². The molecule has 0 aliphatic rings. The molecule has 0 atom stereocenters. The molecule has 3 nitrogen and oxygen atoms in total. The van der Waals surface area contributed by atoms with E-state index in [9.17, 15) is 13.2 Å². The Morgan fingerprint density at radius 3 is 2.53 bits per heavy atom. The van der Waals surface area contributed by atoms with Gasteiger partial charge in [0.15, 0.2) is 5.65 Å². The Morgan fingerprint density at radius 1 is 1.27 bits per heavy atom. The number of rotatable bonds is 0. The molecule has 0 fully saturated rings. The van der Waals surface area contributed by atoms with E-state index in [4.69, 9.17) is 11.6 Å². The van der Waals surface area contributed by atoms with Crippen molar-refractivity contribution < 1.29 is 13.2 Å². The minimum atomic E-state index is -4.48. The number of nitrogens with zero attached hydrogens (tertiary/aromatic N) is 3. The maximum Gasteiger partial charge on any atom is 0.449 e. The zero-order valence-corrected chi connectivity index (χ0v) is 8.26. The zero-order valence-electron chi connectivity index (χ0n) is 7.51. The molecule has 2 rings (SSSR count). The number of imidazole rings is 1. The van der Waals surface area contributed by atoms with Crippen LogP contribution in [0, 0.1) is 0 Å². The molecule has 0 radical (unpaired) electrons. The fourth-order valence-corrected chi connectivity index (χ4v) is 1.44. The van der Waals surface area contributed by atoms with Crippen molar-refractivity contribution in [1.82, 2.24) is 14.5 Å². The first-order chi connectivity index (χ1) is 6.89. The first-order valence-corrected chi connectivity index (χ1v) is 4.33. The van der Waals surface area contributed by atoms with E-state index in [0.717, 1.165) is 4.57 Å². The molecule has 0 amide bonds. The van der Waals surface area contributed by atoms with Crippen molar-refractivity contribution in [2.75, 3.05) is 0 Å². The topological polar surface area (TPSA) is 30.7 Å². The van der Waals surface area contributed by atoms with E-state index in [-0.39, 0.29) is 16.3 Å². The Bertz CT molecular complexity index is 518. The van der Waals surface area contributed by atoms with Gasteiger partial charge in [0.2, 0.25) is 5.82 Å². The predicted octanol–water partition coefficient (Wildman–Crippen LogP) is 2.64. The van der Waals surface area contributed by atoms with Gasteiger partial charge < -0.3 is 4.57 Å². The fourth-order valence-electron chi connectivity index (χ4n) is 1.29. The highest BCUT2D eigenvalue weighted by Crippen LogP contribution is 2.30. The molecule has 2 aromatic rings. The van der Waals surface area contributed by atoms with Gasteiger partial charge in [0.1, 0.15) is 10.7 Å². The third-order valence-corrected chi connectivity index (χ3v) is 2.15. The smallest absolute Gasteiger partial charge is 0.308 e. The highest BCUT2D eigenvalue weighted by molar-refractivity contribution is 6.29. The van der Waals surface area contributed by atoms with Crippen molar-refractivity contribution >= 4 is 22.8 Å². The number of hydrogen-bond acceptors (Lipinski definition) is 2. The maximum atomic E-state index is 12.4. The number of halogens is 4. The molecule has 7 heteroatoms. The van der Waals surface area contributed by atoms with Gasteiger partial charge in [-0.1, -0.05) is 11.6 Å². The summed E-state index contributed by atoms with van der Waals surface area (Å²) in [6.07, 6.45) is -4.48. The molecule has 0 spiro atoms. The molecule has 80 valence electrons. The molecule has 15 heavy (non-hydrogen) atoms. The van der Waals surface area contributed by atoms with E-state index < -0.39 is 12.0 Å². The van der Waals surface area contributed by atoms with Crippen LogP contribution in [0.1, 0.15) is 5.82 Å². The van der Waals surface area contributed by atoms with Crippen LogP contribution in [-0.2, 0) is 13.2 Å². The first kappa shape index (κ1) is 10.2. The van der Waals surface area contributed by atoms with Gasteiger partial charge in [0.25, 0.3) is 0 Å². The Hall–Kier alpha value is -1.30. The van der Waals surface area contributed by atoms with E-state index in [0.29, 0.717) is 0 Å². The minimum absolute atomic E-state index is 0.120. The Labute approximate surface area is 87.5 Å². The molecule has 2 heterocycles. The third-order valence-electron chi connectivity index (χ3n) is 1.94. The number of alkyl halides is 3. The molecule has 0 unspecified atom stereocenters. The van der Waals surface area contributed by atoms with Crippen LogP contribution in [0.25, 0.3) is 11.2 Å². The van der Waals surface area contributed by atoms with Crippen LogP contribution in [-0.4, -0.2) is 14.5 Å². The normalized spacial score (nSPS) is 12.3. The van der Waals surface area contributed by atoms with E-state index in [1.807, 2.05) is 0 Å². The van der Waals surface area contributed by atoms with Crippen LogP contribution >= 0.6 is 11.6 Å². The maximum absolute atomic E-state index is 12.4. The minimum Gasteiger partial charge on any atom is -0.308 e. The van der Waals surface area contributed by atoms with Crippen molar-refractivity contribution in [3.05, 3.63) is 23.1 Å². The second kappa shape index (κ2) is 3.10. The molecule has 0 aliphatic carbocycles. The Morgan fingerprint density at radius 2 is 1.93 bits per heavy atom. The van der Waals surface area contributed by atoms with Gasteiger partial charge in [-0.2, -0.15) is 13.2 Å². The molecule has 0 bridgehead atoms. The van der Waals surface area contributed by atoms with Crippen molar-refractivity contribution in [3.63, 3.8) is 0 Å². The number of aryl methyl sites for hydroxylation is 1. The summed E-state index contributed by atoms with van der Waals surface area (Å²) in [6.45, 7) is 0. The van der Waals surface area contributed by atoms with Crippen molar-refractivity contribution in [3.8, 4) is 0 Å². The first-order valence-electron chi connectivity index (χ1n) is 3.96. The van der Waals surface area contributed by atoms with E-state index in [1.54, 1.807) is 0 Å². The number of fused-ring (bicyclic) bond motifs is 1. The van der Waals surface area contributed by atoms with Crippen LogP contribution in [0.2, 0.25) is 5.15 Å². The van der Waals surface area contributed by atoms with Gasteiger partial charge in [0.05, 0.1) is 0 Å². The van der Waals surface area contributed by atoms with Crippen molar-refractivity contribution in [1.29, 1.82) is 0 Å². The lowest BCUT2D eigenvalue weighted by Crippen LogP contribution is -2.12.